The van der Waals surface area contributed by atoms with Gasteiger partial charge in [0.25, 0.3) is 0 Å². The van der Waals surface area contributed by atoms with Gasteiger partial charge < -0.3 is 4.74 Å². The van der Waals surface area contributed by atoms with Crippen molar-refractivity contribution in [2.45, 2.75) is 35.5 Å². The van der Waals surface area contributed by atoms with Crippen LogP contribution < -0.4 is 0 Å². The van der Waals surface area contributed by atoms with Gasteiger partial charge in [0.2, 0.25) is 0 Å². The fraction of sp³-hybridized carbons (Fsp3) is 0.231. The Morgan fingerprint density at radius 2 is 0.936 bits per heavy atom. The number of allylic oxidation sites excluding steroid dienone is 2. The van der Waals surface area contributed by atoms with E-state index in [1.165, 1.54) is 0 Å². The molecule has 2 aliphatic carbocycles. The second-order valence-electron chi connectivity index (χ2n) is 9.82. The first-order chi connectivity index (χ1) is 21.7. The molecule has 248 valence electrons. The first-order valence-corrected chi connectivity index (χ1v) is 13.2. The van der Waals surface area contributed by atoms with Crippen LogP contribution in [0.25, 0.3) is 0 Å². The SMILES string of the molecule is O=[N+]([O-])C1C(Cl)=C(OC2=C(Cl)C([N+](=O)[O-])C(c3ccccc3C(F)(F)F)([N+](=O)[O-])C=C2)C=CC1(c1ccccc1C(F)(F)F)[N+](=O)[O-]. The summed E-state index contributed by atoms with van der Waals surface area (Å²) in [4.78, 5) is 43.6. The minimum absolute atomic E-state index is 0.374. The molecule has 0 aliphatic heterocycles. The van der Waals surface area contributed by atoms with Crippen LogP contribution in [0.2, 0.25) is 0 Å². The molecular formula is C26H14Cl2F6N4O9. The van der Waals surface area contributed by atoms with Crippen LogP contribution >= 0.6 is 23.2 Å². The molecule has 0 saturated carbocycles. The second kappa shape index (κ2) is 12.0. The average Bonchev–Trinajstić information content (AvgIpc) is 2.97. The minimum atomic E-state index is -5.22. The number of ether oxygens (including phenoxy) is 1. The van der Waals surface area contributed by atoms with Gasteiger partial charge in [-0.15, -0.1) is 0 Å². The fourth-order valence-electron chi connectivity index (χ4n) is 5.34. The molecule has 0 fully saturated rings. The van der Waals surface area contributed by atoms with E-state index in [0.717, 1.165) is 24.3 Å². The summed E-state index contributed by atoms with van der Waals surface area (Å²) in [5.41, 5.74) is -12.1. The molecule has 0 aromatic heterocycles. The lowest BCUT2D eigenvalue weighted by molar-refractivity contribution is -0.643. The normalized spacial score (nSPS) is 24.7. The van der Waals surface area contributed by atoms with Crippen molar-refractivity contribution in [3.8, 4) is 0 Å². The topological polar surface area (TPSA) is 182 Å². The van der Waals surface area contributed by atoms with Gasteiger partial charge in [0, 0.05) is 31.8 Å². The summed E-state index contributed by atoms with van der Waals surface area (Å²) in [6.45, 7) is 0. The molecule has 4 rings (SSSR count). The molecule has 0 N–H and O–H groups in total. The van der Waals surface area contributed by atoms with Crippen molar-refractivity contribution in [3.63, 3.8) is 0 Å². The van der Waals surface area contributed by atoms with Crippen molar-refractivity contribution in [3.05, 3.63) is 157 Å². The number of hydrogen-bond donors (Lipinski definition) is 0. The molecular weight excluding hydrogens is 697 g/mol. The third kappa shape index (κ3) is 5.64. The molecule has 0 bridgehead atoms. The van der Waals surface area contributed by atoms with Crippen molar-refractivity contribution in [1.82, 2.24) is 0 Å². The summed E-state index contributed by atoms with van der Waals surface area (Å²) < 4.78 is 88.4. The Labute approximate surface area is 266 Å². The minimum Gasteiger partial charge on any atom is -0.454 e. The van der Waals surface area contributed by atoms with E-state index in [-0.39, 0.29) is 0 Å². The number of alkyl halides is 6. The highest BCUT2D eigenvalue weighted by Crippen LogP contribution is 2.49. The number of hydrogen-bond acceptors (Lipinski definition) is 9. The van der Waals surface area contributed by atoms with E-state index in [4.69, 9.17) is 27.9 Å². The maximum atomic E-state index is 13.8. The molecule has 0 heterocycles. The highest BCUT2D eigenvalue weighted by atomic mass is 35.5. The summed E-state index contributed by atoms with van der Waals surface area (Å²) >= 11 is 12.3. The number of nitro groups is 4. The van der Waals surface area contributed by atoms with Gasteiger partial charge in [-0.1, -0.05) is 59.6 Å². The molecule has 0 spiro atoms. The fourth-order valence-corrected chi connectivity index (χ4v) is 6.04. The van der Waals surface area contributed by atoms with Crippen molar-refractivity contribution in [2.24, 2.45) is 0 Å². The van der Waals surface area contributed by atoms with Gasteiger partial charge in [-0.3, -0.25) is 40.5 Å². The second-order valence-corrected chi connectivity index (χ2v) is 10.6. The van der Waals surface area contributed by atoms with Crippen molar-refractivity contribution < 1.29 is 50.8 Å². The van der Waals surface area contributed by atoms with E-state index in [1.807, 2.05) is 0 Å². The molecule has 0 radical (unpaired) electrons. The van der Waals surface area contributed by atoms with E-state index < -0.39 is 99.0 Å². The first-order valence-electron chi connectivity index (χ1n) is 12.5. The van der Waals surface area contributed by atoms with E-state index >= 15 is 0 Å². The Morgan fingerprint density at radius 1 is 0.617 bits per heavy atom. The summed E-state index contributed by atoms with van der Waals surface area (Å²) in [5, 5.41) is 46.7. The van der Waals surface area contributed by atoms with Crippen LogP contribution in [0.15, 0.2) is 94.4 Å². The van der Waals surface area contributed by atoms with Crippen LogP contribution in [0.3, 0.4) is 0 Å². The molecule has 0 amide bonds. The zero-order valence-electron chi connectivity index (χ0n) is 22.6. The number of rotatable bonds is 8. The molecule has 4 atom stereocenters. The quantitative estimate of drug-likeness (QED) is 0.163. The van der Waals surface area contributed by atoms with Gasteiger partial charge in [-0.25, -0.2) is 0 Å². The Bertz CT molecular complexity index is 1700. The zero-order valence-corrected chi connectivity index (χ0v) is 24.1. The molecule has 47 heavy (non-hydrogen) atoms. The van der Waals surface area contributed by atoms with Gasteiger partial charge in [-0.2, -0.15) is 26.3 Å². The van der Waals surface area contributed by atoms with Gasteiger partial charge in [0.15, 0.2) is 0 Å². The first kappa shape index (κ1) is 34.8. The summed E-state index contributed by atoms with van der Waals surface area (Å²) in [7, 11) is 0. The van der Waals surface area contributed by atoms with Gasteiger partial charge in [0.1, 0.15) is 21.6 Å². The summed E-state index contributed by atoms with van der Waals surface area (Å²) in [6, 6.07) is 0.212. The third-order valence-electron chi connectivity index (χ3n) is 7.34. The molecule has 4 unspecified atom stereocenters. The Balaban J connectivity index is 1.89. The number of benzene rings is 2. The maximum Gasteiger partial charge on any atom is 0.416 e. The largest absolute Gasteiger partial charge is 0.454 e. The van der Waals surface area contributed by atoms with E-state index in [0.29, 0.717) is 48.6 Å². The Kier molecular flexibility index (Phi) is 8.86. The lowest BCUT2D eigenvalue weighted by Crippen LogP contribution is -2.52. The van der Waals surface area contributed by atoms with Gasteiger partial charge >= 0.3 is 35.5 Å². The summed E-state index contributed by atoms with van der Waals surface area (Å²) in [6.07, 6.45) is -8.59. The van der Waals surface area contributed by atoms with Crippen LogP contribution in [-0.2, 0) is 28.2 Å². The maximum absolute atomic E-state index is 13.8. The third-order valence-corrected chi connectivity index (χ3v) is 8.12. The number of halogens is 8. The zero-order chi connectivity index (χ0) is 35.3. The van der Waals surface area contributed by atoms with Crippen LogP contribution in [-0.4, -0.2) is 31.8 Å². The van der Waals surface area contributed by atoms with Crippen molar-refractivity contribution in [2.75, 3.05) is 0 Å². The molecule has 21 heteroatoms. The summed E-state index contributed by atoms with van der Waals surface area (Å²) in [5.74, 6) is -1.81. The molecule has 2 aromatic rings. The predicted molar refractivity (Wildman–Crippen MR) is 147 cm³/mol. The smallest absolute Gasteiger partial charge is 0.416 e. The molecule has 2 aliphatic rings. The van der Waals surface area contributed by atoms with Crippen molar-refractivity contribution >= 4 is 23.2 Å². The molecule has 0 saturated heterocycles. The monoisotopic (exact) mass is 710 g/mol. The van der Waals surface area contributed by atoms with Gasteiger partial charge in [-0.05, 0) is 24.3 Å². The number of nitrogens with zero attached hydrogens (tertiary/aromatic N) is 4. The Hall–Kier alpha value is -5.04. The van der Waals surface area contributed by atoms with Crippen LogP contribution in [0.1, 0.15) is 22.3 Å². The average molecular weight is 711 g/mol. The predicted octanol–water partition coefficient (Wildman–Crippen LogP) is 6.72. The van der Waals surface area contributed by atoms with Crippen molar-refractivity contribution in [1.29, 1.82) is 0 Å². The molecule has 13 nitrogen and oxygen atoms in total. The standard InChI is InChI=1S/C26H14Cl2F6N4O9/c27-19-17(9-11-23(37(43)44,21(19)35(39)40)13-5-1-3-7-15(13)25(29,30)31)47-18-10-12-24(38(45)46,22(20(18)28)36(41)42)14-6-2-4-8-16(14)26(32,33)34/h1-12,21-22H. The van der Waals surface area contributed by atoms with E-state index in [1.54, 1.807) is 0 Å². The highest BCUT2D eigenvalue weighted by molar-refractivity contribution is 6.31. The van der Waals surface area contributed by atoms with Crippen LogP contribution in [0, 0.1) is 40.5 Å². The van der Waals surface area contributed by atoms with Crippen LogP contribution in [0.4, 0.5) is 26.3 Å². The van der Waals surface area contributed by atoms with Crippen LogP contribution in [0.5, 0.6) is 0 Å². The highest BCUT2D eigenvalue weighted by Gasteiger charge is 2.66. The Morgan fingerprint density at radius 3 is 1.21 bits per heavy atom. The van der Waals surface area contributed by atoms with E-state index in [2.05, 4.69) is 0 Å². The van der Waals surface area contributed by atoms with E-state index in [9.17, 15) is 66.8 Å². The lowest BCUT2D eigenvalue weighted by atomic mass is 9.77. The van der Waals surface area contributed by atoms with Gasteiger partial charge in [0.05, 0.1) is 22.3 Å². The molecule has 2 aromatic carbocycles. The lowest BCUT2D eigenvalue weighted by Gasteiger charge is -2.32.